The lowest BCUT2D eigenvalue weighted by atomic mass is 10.4. The molecule has 0 atom stereocenters. The summed E-state index contributed by atoms with van der Waals surface area (Å²) in [5, 5.41) is 10.3. The van der Waals surface area contributed by atoms with Gasteiger partial charge in [0.25, 0.3) is 0 Å². The monoisotopic (exact) mass is 234 g/mol. The van der Waals surface area contributed by atoms with Crippen LogP contribution in [0.2, 0.25) is 5.02 Å². The minimum Gasteiger partial charge on any atom is -0.355 e. The number of benzene rings is 1. The second-order valence-electron chi connectivity index (χ2n) is 2.92. The molecule has 0 aliphatic heterocycles. The SMILES string of the molecule is N#Cc1c[nH]c(Sc2ccc(Cl)cc2)c1. The van der Waals surface area contributed by atoms with Crippen LogP contribution in [0.1, 0.15) is 5.56 Å². The molecule has 4 heteroatoms. The number of halogens is 1. The van der Waals surface area contributed by atoms with Crippen LogP contribution < -0.4 is 0 Å². The molecule has 1 aromatic carbocycles. The summed E-state index contributed by atoms with van der Waals surface area (Å²) in [6.07, 6.45) is 1.69. The molecule has 0 radical (unpaired) electrons. The smallest absolute Gasteiger partial charge is 0.101 e. The third kappa shape index (κ3) is 2.56. The highest BCUT2D eigenvalue weighted by atomic mass is 35.5. The van der Waals surface area contributed by atoms with Gasteiger partial charge in [0.2, 0.25) is 0 Å². The molecule has 0 amide bonds. The van der Waals surface area contributed by atoms with Crippen molar-refractivity contribution in [3.63, 3.8) is 0 Å². The number of aromatic amines is 1. The van der Waals surface area contributed by atoms with E-state index in [2.05, 4.69) is 11.1 Å². The number of rotatable bonds is 2. The normalized spacial score (nSPS) is 9.87. The van der Waals surface area contributed by atoms with Gasteiger partial charge in [-0.05, 0) is 30.3 Å². The van der Waals surface area contributed by atoms with Gasteiger partial charge in [-0.15, -0.1) is 0 Å². The first-order chi connectivity index (χ1) is 7.28. The summed E-state index contributed by atoms with van der Waals surface area (Å²) in [4.78, 5) is 4.12. The van der Waals surface area contributed by atoms with Crippen LogP contribution in [0.25, 0.3) is 0 Å². The Kier molecular flexibility index (Phi) is 3.00. The van der Waals surface area contributed by atoms with Crippen molar-refractivity contribution in [2.75, 3.05) is 0 Å². The van der Waals surface area contributed by atoms with Gasteiger partial charge >= 0.3 is 0 Å². The first-order valence-electron chi connectivity index (χ1n) is 4.30. The number of nitrogens with zero attached hydrogens (tertiary/aromatic N) is 1. The standard InChI is InChI=1S/C11H7ClN2S/c12-9-1-3-10(4-2-9)15-11-5-8(6-13)7-14-11/h1-5,7,14H. The molecule has 0 unspecified atom stereocenters. The maximum absolute atomic E-state index is 8.66. The van der Waals surface area contributed by atoms with Crippen LogP contribution in [0, 0.1) is 11.3 Å². The highest BCUT2D eigenvalue weighted by Gasteiger charge is 2.00. The summed E-state index contributed by atoms with van der Waals surface area (Å²) in [5.41, 5.74) is 0.645. The second-order valence-corrected chi connectivity index (χ2v) is 4.47. The van der Waals surface area contributed by atoms with Gasteiger partial charge < -0.3 is 4.98 Å². The molecule has 0 aliphatic rings. The fourth-order valence-electron chi connectivity index (χ4n) is 1.13. The number of hydrogen-bond donors (Lipinski definition) is 1. The highest BCUT2D eigenvalue weighted by Crippen LogP contribution is 2.27. The van der Waals surface area contributed by atoms with E-state index in [0.717, 1.165) is 14.9 Å². The van der Waals surface area contributed by atoms with E-state index in [1.807, 2.05) is 30.3 Å². The lowest BCUT2D eigenvalue weighted by molar-refractivity contribution is 1.20. The predicted molar refractivity (Wildman–Crippen MR) is 61.1 cm³/mol. The summed E-state index contributed by atoms with van der Waals surface area (Å²) in [6.45, 7) is 0. The third-order valence-corrected chi connectivity index (χ3v) is 3.04. The summed E-state index contributed by atoms with van der Waals surface area (Å²) in [7, 11) is 0. The Morgan fingerprint density at radius 2 is 2.00 bits per heavy atom. The molecular weight excluding hydrogens is 228 g/mol. The van der Waals surface area contributed by atoms with Crippen LogP contribution >= 0.6 is 23.4 Å². The molecule has 1 heterocycles. The van der Waals surface area contributed by atoms with E-state index in [1.54, 1.807) is 18.0 Å². The summed E-state index contributed by atoms with van der Waals surface area (Å²) in [5.74, 6) is 0. The molecule has 0 aliphatic carbocycles. The van der Waals surface area contributed by atoms with Crippen molar-refractivity contribution in [2.24, 2.45) is 0 Å². The minimum absolute atomic E-state index is 0.645. The Balaban J connectivity index is 2.15. The molecule has 1 aromatic heterocycles. The average molecular weight is 235 g/mol. The van der Waals surface area contributed by atoms with Gasteiger partial charge in [0.05, 0.1) is 10.6 Å². The van der Waals surface area contributed by atoms with Crippen LogP contribution in [0.5, 0.6) is 0 Å². The van der Waals surface area contributed by atoms with Gasteiger partial charge in [0.15, 0.2) is 0 Å². The molecule has 2 rings (SSSR count). The zero-order chi connectivity index (χ0) is 10.7. The number of aromatic nitrogens is 1. The van der Waals surface area contributed by atoms with E-state index < -0.39 is 0 Å². The number of nitriles is 1. The molecule has 2 nitrogen and oxygen atoms in total. The molecule has 74 valence electrons. The number of H-pyrrole nitrogens is 1. The van der Waals surface area contributed by atoms with Gasteiger partial charge in [-0.25, -0.2) is 0 Å². The lowest BCUT2D eigenvalue weighted by Gasteiger charge is -1.97. The molecule has 1 N–H and O–H groups in total. The van der Waals surface area contributed by atoms with Crippen molar-refractivity contribution in [3.8, 4) is 6.07 Å². The second kappa shape index (κ2) is 4.43. The fraction of sp³-hybridized carbons (Fsp3) is 0. The van der Waals surface area contributed by atoms with Crippen LogP contribution in [-0.4, -0.2) is 4.98 Å². The van der Waals surface area contributed by atoms with Crippen molar-refractivity contribution < 1.29 is 0 Å². The maximum atomic E-state index is 8.66. The molecule has 2 aromatic rings. The van der Waals surface area contributed by atoms with Crippen molar-refractivity contribution in [1.82, 2.24) is 4.98 Å². The summed E-state index contributed by atoms with van der Waals surface area (Å²) in [6, 6.07) is 11.5. The molecule has 0 spiro atoms. The van der Waals surface area contributed by atoms with E-state index in [4.69, 9.17) is 16.9 Å². The van der Waals surface area contributed by atoms with Crippen molar-refractivity contribution in [2.45, 2.75) is 9.92 Å². The van der Waals surface area contributed by atoms with Gasteiger partial charge in [-0.2, -0.15) is 5.26 Å². The predicted octanol–water partition coefficient (Wildman–Crippen LogP) is 3.69. The Morgan fingerprint density at radius 1 is 1.27 bits per heavy atom. The van der Waals surface area contributed by atoms with Gasteiger partial charge in [0.1, 0.15) is 6.07 Å². The Hall–Kier alpha value is -1.37. The van der Waals surface area contributed by atoms with Crippen LogP contribution in [0.3, 0.4) is 0 Å². The van der Waals surface area contributed by atoms with Crippen molar-refractivity contribution in [3.05, 3.63) is 47.1 Å². The zero-order valence-corrected chi connectivity index (χ0v) is 9.27. The van der Waals surface area contributed by atoms with Crippen molar-refractivity contribution in [1.29, 1.82) is 5.26 Å². The molecule has 15 heavy (non-hydrogen) atoms. The quantitative estimate of drug-likeness (QED) is 0.861. The number of nitrogens with one attached hydrogen (secondary N) is 1. The van der Waals surface area contributed by atoms with E-state index >= 15 is 0 Å². The average Bonchev–Trinajstić information content (AvgIpc) is 2.69. The van der Waals surface area contributed by atoms with Crippen LogP contribution in [-0.2, 0) is 0 Å². The minimum atomic E-state index is 0.645. The van der Waals surface area contributed by atoms with E-state index in [1.165, 1.54) is 0 Å². The van der Waals surface area contributed by atoms with Crippen LogP contribution in [0.4, 0.5) is 0 Å². The third-order valence-electron chi connectivity index (χ3n) is 1.83. The zero-order valence-electron chi connectivity index (χ0n) is 7.70. The first kappa shape index (κ1) is 10.2. The molecule has 0 bridgehead atoms. The molecular formula is C11H7ClN2S. The Bertz CT molecular complexity index is 496. The molecule has 0 saturated heterocycles. The van der Waals surface area contributed by atoms with E-state index in [-0.39, 0.29) is 0 Å². The Morgan fingerprint density at radius 3 is 2.60 bits per heavy atom. The topological polar surface area (TPSA) is 39.6 Å². The van der Waals surface area contributed by atoms with Gasteiger partial charge in [-0.3, -0.25) is 0 Å². The lowest BCUT2D eigenvalue weighted by Crippen LogP contribution is -1.71. The van der Waals surface area contributed by atoms with Gasteiger partial charge in [-0.1, -0.05) is 23.4 Å². The van der Waals surface area contributed by atoms with E-state index in [9.17, 15) is 0 Å². The first-order valence-corrected chi connectivity index (χ1v) is 5.49. The molecule has 0 saturated carbocycles. The van der Waals surface area contributed by atoms with Crippen LogP contribution in [0.15, 0.2) is 46.5 Å². The summed E-state index contributed by atoms with van der Waals surface area (Å²) >= 11 is 7.35. The maximum Gasteiger partial charge on any atom is 0.101 e. The highest BCUT2D eigenvalue weighted by molar-refractivity contribution is 7.99. The molecule has 0 fully saturated rings. The van der Waals surface area contributed by atoms with Gasteiger partial charge in [0, 0.05) is 16.1 Å². The Labute approximate surface area is 96.9 Å². The summed E-state index contributed by atoms with van der Waals surface area (Å²) < 4.78 is 0. The van der Waals surface area contributed by atoms with Crippen molar-refractivity contribution >= 4 is 23.4 Å². The van der Waals surface area contributed by atoms with E-state index in [0.29, 0.717) is 5.56 Å². The fourth-order valence-corrected chi connectivity index (χ4v) is 2.08. The largest absolute Gasteiger partial charge is 0.355 e. The number of hydrogen-bond acceptors (Lipinski definition) is 2.